The van der Waals surface area contributed by atoms with Crippen molar-refractivity contribution in [2.24, 2.45) is 0 Å². The minimum Gasteiger partial charge on any atom is -0.352 e. The lowest BCUT2D eigenvalue weighted by atomic mass is 10.1. The summed E-state index contributed by atoms with van der Waals surface area (Å²) < 4.78 is 29.0. The van der Waals surface area contributed by atoms with Crippen LogP contribution in [0.2, 0.25) is 0 Å². The third-order valence-corrected chi connectivity index (χ3v) is 9.42. The summed E-state index contributed by atoms with van der Waals surface area (Å²) in [6.45, 7) is 9.16. The minimum absolute atomic E-state index is 0.0556. The normalized spacial score (nSPS) is 12.8. The van der Waals surface area contributed by atoms with E-state index in [4.69, 9.17) is 0 Å². The Kier molecular flexibility index (Phi) is 10.8. The molecule has 0 aliphatic carbocycles. The Morgan fingerprint density at radius 2 is 1.43 bits per heavy atom. The van der Waals surface area contributed by atoms with Gasteiger partial charge in [-0.2, -0.15) is 0 Å². The number of benzene rings is 3. The Bertz CT molecular complexity index is 1390. The maximum atomic E-state index is 14.0. The first kappa shape index (κ1) is 31.2. The summed E-state index contributed by atoms with van der Waals surface area (Å²) in [5, 5.41) is 2.95. The molecule has 0 heterocycles. The van der Waals surface area contributed by atoms with E-state index in [0.29, 0.717) is 5.69 Å². The van der Waals surface area contributed by atoms with Crippen LogP contribution in [-0.2, 0) is 26.2 Å². The van der Waals surface area contributed by atoms with E-state index in [-0.39, 0.29) is 23.4 Å². The summed E-state index contributed by atoms with van der Waals surface area (Å²) in [5.41, 5.74) is 3.26. The van der Waals surface area contributed by atoms with Crippen molar-refractivity contribution < 1.29 is 18.0 Å². The number of anilines is 1. The number of nitrogens with one attached hydrogen (secondary N) is 1. The van der Waals surface area contributed by atoms with E-state index in [2.05, 4.69) is 5.32 Å². The number of nitrogens with zero attached hydrogens (tertiary/aromatic N) is 2. The van der Waals surface area contributed by atoms with Crippen molar-refractivity contribution in [3.8, 4) is 0 Å². The van der Waals surface area contributed by atoms with E-state index in [9.17, 15) is 18.0 Å². The zero-order valence-corrected chi connectivity index (χ0v) is 25.7. The molecule has 0 fully saturated rings. The van der Waals surface area contributed by atoms with Gasteiger partial charge in [0.1, 0.15) is 12.6 Å². The van der Waals surface area contributed by atoms with Crippen LogP contribution in [0.15, 0.2) is 82.6 Å². The highest BCUT2D eigenvalue weighted by atomic mass is 32.2. The summed E-state index contributed by atoms with van der Waals surface area (Å²) >= 11 is 1.52. The van der Waals surface area contributed by atoms with Gasteiger partial charge in [0.25, 0.3) is 10.0 Å². The topological polar surface area (TPSA) is 86.8 Å². The van der Waals surface area contributed by atoms with E-state index in [1.807, 2.05) is 70.3 Å². The lowest BCUT2D eigenvalue weighted by Gasteiger charge is -2.32. The lowest BCUT2D eigenvalue weighted by Crippen LogP contribution is -2.52. The number of hydrogen-bond donors (Lipinski definition) is 1. The van der Waals surface area contributed by atoms with Gasteiger partial charge in [0.15, 0.2) is 0 Å². The predicted octanol–water partition coefficient (Wildman–Crippen LogP) is 5.55. The van der Waals surface area contributed by atoms with Gasteiger partial charge in [-0.15, -0.1) is 11.8 Å². The second-order valence-corrected chi connectivity index (χ2v) is 12.8. The Labute approximate surface area is 243 Å². The van der Waals surface area contributed by atoms with Crippen LogP contribution in [0.3, 0.4) is 0 Å². The maximum Gasteiger partial charge on any atom is 0.264 e. The van der Waals surface area contributed by atoms with E-state index >= 15 is 0 Å². The van der Waals surface area contributed by atoms with Gasteiger partial charge < -0.3 is 10.2 Å². The van der Waals surface area contributed by atoms with Gasteiger partial charge in [0, 0.05) is 17.5 Å². The molecule has 40 heavy (non-hydrogen) atoms. The van der Waals surface area contributed by atoms with Crippen LogP contribution in [-0.4, -0.2) is 50.0 Å². The number of rotatable bonds is 12. The Hall–Kier alpha value is -3.30. The molecule has 0 aliphatic heterocycles. The van der Waals surface area contributed by atoms with Crippen molar-refractivity contribution in [1.29, 1.82) is 0 Å². The molecule has 1 N–H and O–H groups in total. The molecule has 0 saturated carbocycles. The number of carbonyl (C=O) groups is 2. The molecule has 3 aromatic carbocycles. The van der Waals surface area contributed by atoms with Crippen molar-refractivity contribution in [1.82, 2.24) is 10.2 Å². The molecule has 0 aromatic heterocycles. The van der Waals surface area contributed by atoms with Crippen molar-refractivity contribution in [3.63, 3.8) is 0 Å². The number of aryl methyl sites for hydroxylation is 2. The first-order valence-corrected chi connectivity index (χ1v) is 16.0. The van der Waals surface area contributed by atoms with E-state index in [1.165, 1.54) is 16.7 Å². The predicted molar refractivity (Wildman–Crippen MR) is 163 cm³/mol. The fourth-order valence-electron chi connectivity index (χ4n) is 4.05. The highest BCUT2D eigenvalue weighted by Crippen LogP contribution is 2.26. The van der Waals surface area contributed by atoms with Crippen LogP contribution in [0, 0.1) is 13.8 Å². The zero-order chi connectivity index (χ0) is 29.4. The molecule has 3 rings (SSSR count). The molecule has 0 aliphatic rings. The molecule has 214 valence electrons. The summed E-state index contributed by atoms with van der Waals surface area (Å²) in [5.74, 6) is -0.760. The lowest BCUT2D eigenvalue weighted by molar-refractivity contribution is -0.139. The molecule has 3 aromatic rings. The Morgan fingerprint density at radius 3 is 1.95 bits per heavy atom. The standard InChI is InChI=1S/C31H39N3O4S2/c1-7-24(4)32-31(36)25(5)33(20-26-12-8-22(2)9-13-26)30(35)21-34(27-14-10-23(3)11-15-27)40(37,38)29-18-16-28(39-6)17-19-29/h8-19,24-25H,7,20-21H2,1-6H3,(H,32,36)/t24-,25-/m0/s1. The van der Waals surface area contributed by atoms with E-state index in [0.717, 1.165) is 32.3 Å². The summed E-state index contributed by atoms with van der Waals surface area (Å²) in [7, 11) is -4.09. The van der Waals surface area contributed by atoms with Crippen LogP contribution in [0.1, 0.15) is 43.9 Å². The fraction of sp³-hybridized carbons (Fsp3) is 0.355. The van der Waals surface area contributed by atoms with Crippen LogP contribution in [0.25, 0.3) is 0 Å². The summed E-state index contributed by atoms with van der Waals surface area (Å²) in [6, 6.07) is 20.5. The van der Waals surface area contributed by atoms with E-state index < -0.39 is 28.5 Å². The third-order valence-electron chi connectivity index (χ3n) is 6.89. The Morgan fingerprint density at radius 1 is 0.875 bits per heavy atom. The quantitative estimate of drug-likeness (QED) is 0.283. The van der Waals surface area contributed by atoms with Crippen LogP contribution in [0.4, 0.5) is 5.69 Å². The van der Waals surface area contributed by atoms with E-state index in [1.54, 1.807) is 43.3 Å². The van der Waals surface area contributed by atoms with Crippen molar-refractivity contribution in [2.75, 3.05) is 17.1 Å². The molecular weight excluding hydrogens is 542 g/mol. The second kappa shape index (κ2) is 13.9. The molecule has 0 spiro atoms. The molecule has 9 heteroatoms. The fourth-order valence-corrected chi connectivity index (χ4v) is 5.88. The highest BCUT2D eigenvalue weighted by Gasteiger charge is 2.32. The summed E-state index contributed by atoms with van der Waals surface area (Å²) in [4.78, 5) is 29.6. The molecule has 2 atom stereocenters. The Balaban J connectivity index is 2.01. The zero-order valence-electron chi connectivity index (χ0n) is 24.0. The maximum absolute atomic E-state index is 14.0. The van der Waals surface area contributed by atoms with Gasteiger partial charge in [-0.3, -0.25) is 13.9 Å². The third kappa shape index (κ3) is 7.88. The molecule has 0 unspecified atom stereocenters. The van der Waals surface area contributed by atoms with Crippen molar-refractivity contribution in [3.05, 3.63) is 89.5 Å². The van der Waals surface area contributed by atoms with Gasteiger partial charge in [-0.05, 0) is 82.3 Å². The average Bonchev–Trinajstić information content (AvgIpc) is 2.95. The molecule has 2 amide bonds. The molecule has 0 bridgehead atoms. The number of carbonyl (C=O) groups excluding carboxylic acids is 2. The summed E-state index contributed by atoms with van der Waals surface area (Å²) in [6.07, 6.45) is 2.67. The van der Waals surface area contributed by atoms with Crippen molar-refractivity contribution in [2.45, 2.75) is 69.5 Å². The monoisotopic (exact) mass is 581 g/mol. The molecule has 0 saturated heterocycles. The first-order chi connectivity index (χ1) is 19.0. The number of thioether (sulfide) groups is 1. The van der Waals surface area contributed by atoms with Crippen molar-refractivity contribution >= 4 is 39.3 Å². The van der Waals surface area contributed by atoms with Gasteiger partial charge in [-0.1, -0.05) is 54.4 Å². The van der Waals surface area contributed by atoms with Gasteiger partial charge in [-0.25, -0.2) is 8.42 Å². The van der Waals surface area contributed by atoms with Gasteiger partial charge in [0.2, 0.25) is 11.8 Å². The number of amides is 2. The van der Waals surface area contributed by atoms with Crippen LogP contribution >= 0.6 is 11.8 Å². The molecule has 0 radical (unpaired) electrons. The smallest absolute Gasteiger partial charge is 0.264 e. The minimum atomic E-state index is -4.09. The first-order valence-electron chi connectivity index (χ1n) is 13.3. The second-order valence-electron chi connectivity index (χ2n) is 10.0. The van der Waals surface area contributed by atoms with Gasteiger partial charge >= 0.3 is 0 Å². The van der Waals surface area contributed by atoms with Gasteiger partial charge in [0.05, 0.1) is 10.6 Å². The highest BCUT2D eigenvalue weighted by molar-refractivity contribution is 7.98. The average molecular weight is 582 g/mol. The number of sulfonamides is 1. The van der Waals surface area contributed by atoms with Crippen LogP contribution < -0.4 is 9.62 Å². The molecular formula is C31H39N3O4S2. The SMILES string of the molecule is CC[C@H](C)NC(=O)[C@H](C)N(Cc1ccc(C)cc1)C(=O)CN(c1ccc(C)cc1)S(=O)(=O)c1ccc(SC)cc1. The largest absolute Gasteiger partial charge is 0.352 e. The van der Waals surface area contributed by atoms with Crippen LogP contribution in [0.5, 0.6) is 0 Å². The molecule has 7 nitrogen and oxygen atoms in total. The number of hydrogen-bond acceptors (Lipinski definition) is 5.